The Morgan fingerprint density at radius 2 is 2.17 bits per heavy atom. The van der Waals surface area contributed by atoms with Crippen LogP contribution in [-0.4, -0.2) is 45.3 Å². The fraction of sp³-hybridized carbons (Fsp3) is 0.467. The molecule has 0 aromatic carbocycles. The first kappa shape index (κ1) is 15.4. The molecule has 2 heterocycles. The Hall–Kier alpha value is -2.51. The van der Waals surface area contributed by atoms with Gasteiger partial charge in [-0.1, -0.05) is 0 Å². The van der Waals surface area contributed by atoms with Crippen molar-refractivity contribution < 1.29 is 18.7 Å². The molecule has 8 heteroatoms. The standard InChI is InChI=1S/C15H17FN4O3/c1-23-14(22)15(16)5-3-10(4-6-15)19-13(21)11-9-18-20-8-2-7-17-12(11)20/h2,7-10H,3-6H2,1H3,(H,19,21). The molecular formula is C15H17FN4O3. The van der Waals surface area contributed by atoms with Crippen molar-refractivity contribution in [1.82, 2.24) is 19.9 Å². The van der Waals surface area contributed by atoms with Crippen molar-refractivity contribution in [3.05, 3.63) is 30.2 Å². The predicted octanol–water partition coefficient (Wildman–Crippen LogP) is 1.28. The lowest BCUT2D eigenvalue weighted by atomic mass is 9.83. The van der Waals surface area contributed by atoms with Crippen molar-refractivity contribution in [2.45, 2.75) is 37.4 Å². The Bertz CT molecular complexity index is 737. The molecule has 23 heavy (non-hydrogen) atoms. The van der Waals surface area contributed by atoms with E-state index in [0.29, 0.717) is 24.1 Å². The molecule has 0 saturated heterocycles. The zero-order valence-corrected chi connectivity index (χ0v) is 12.7. The molecule has 1 N–H and O–H groups in total. The normalized spacial score (nSPS) is 24.3. The summed E-state index contributed by atoms with van der Waals surface area (Å²) in [6, 6.07) is 1.53. The minimum absolute atomic E-state index is 0.0393. The summed E-state index contributed by atoms with van der Waals surface area (Å²) in [7, 11) is 1.18. The smallest absolute Gasteiger partial charge is 0.343 e. The number of rotatable bonds is 3. The molecule has 0 spiro atoms. The molecule has 1 aliphatic carbocycles. The van der Waals surface area contributed by atoms with Gasteiger partial charge in [-0.3, -0.25) is 4.79 Å². The number of fused-ring (bicyclic) bond motifs is 1. The second kappa shape index (κ2) is 5.94. The number of nitrogens with zero attached hydrogens (tertiary/aromatic N) is 3. The zero-order chi connectivity index (χ0) is 16.4. The van der Waals surface area contributed by atoms with E-state index in [4.69, 9.17) is 0 Å². The van der Waals surface area contributed by atoms with Crippen molar-refractivity contribution in [3.8, 4) is 0 Å². The number of carbonyl (C=O) groups excluding carboxylic acids is 2. The molecule has 3 rings (SSSR count). The number of alkyl halides is 1. The van der Waals surface area contributed by atoms with Crippen LogP contribution in [0.4, 0.5) is 4.39 Å². The molecular weight excluding hydrogens is 303 g/mol. The highest BCUT2D eigenvalue weighted by Crippen LogP contribution is 2.33. The van der Waals surface area contributed by atoms with E-state index in [0.717, 1.165) is 0 Å². The van der Waals surface area contributed by atoms with Gasteiger partial charge in [-0.05, 0) is 31.7 Å². The van der Waals surface area contributed by atoms with Gasteiger partial charge in [0.2, 0.25) is 5.67 Å². The summed E-state index contributed by atoms with van der Waals surface area (Å²) in [4.78, 5) is 27.9. The first-order valence-corrected chi connectivity index (χ1v) is 7.40. The van der Waals surface area contributed by atoms with Gasteiger partial charge in [-0.2, -0.15) is 5.10 Å². The van der Waals surface area contributed by atoms with Crippen LogP contribution in [0.1, 0.15) is 36.0 Å². The maximum absolute atomic E-state index is 14.3. The molecule has 2 aromatic rings. The minimum atomic E-state index is -1.94. The van der Waals surface area contributed by atoms with E-state index < -0.39 is 11.6 Å². The molecule has 0 unspecified atom stereocenters. The number of halogens is 1. The third-order valence-electron chi connectivity index (χ3n) is 4.19. The molecule has 122 valence electrons. The first-order valence-electron chi connectivity index (χ1n) is 7.40. The van der Waals surface area contributed by atoms with Gasteiger partial charge in [0, 0.05) is 18.4 Å². The molecule has 2 aromatic heterocycles. The van der Waals surface area contributed by atoms with Crippen LogP contribution in [-0.2, 0) is 9.53 Å². The average Bonchev–Trinajstić information content (AvgIpc) is 3.00. The van der Waals surface area contributed by atoms with E-state index in [-0.39, 0.29) is 24.8 Å². The van der Waals surface area contributed by atoms with Gasteiger partial charge in [-0.25, -0.2) is 18.7 Å². The summed E-state index contributed by atoms with van der Waals surface area (Å²) in [5.41, 5.74) is -1.10. The topological polar surface area (TPSA) is 85.6 Å². The summed E-state index contributed by atoms with van der Waals surface area (Å²) in [5, 5.41) is 6.92. The molecule has 0 bridgehead atoms. The van der Waals surface area contributed by atoms with Gasteiger partial charge >= 0.3 is 5.97 Å². The van der Waals surface area contributed by atoms with E-state index in [1.54, 1.807) is 18.5 Å². The fourth-order valence-electron chi connectivity index (χ4n) is 2.86. The molecule has 0 atom stereocenters. The average molecular weight is 320 g/mol. The monoisotopic (exact) mass is 320 g/mol. The molecule has 1 saturated carbocycles. The Labute approximate surface area is 131 Å². The van der Waals surface area contributed by atoms with Gasteiger partial charge in [0.05, 0.1) is 13.3 Å². The van der Waals surface area contributed by atoms with E-state index in [9.17, 15) is 14.0 Å². The number of methoxy groups -OCH3 is 1. The number of hydrogen-bond donors (Lipinski definition) is 1. The maximum Gasteiger partial charge on any atom is 0.343 e. The SMILES string of the molecule is COC(=O)C1(F)CCC(NC(=O)c2cnn3cccnc23)CC1. The molecule has 0 aliphatic heterocycles. The summed E-state index contributed by atoms with van der Waals surface area (Å²) in [6.07, 6.45) is 5.58. The van der Waals surface area contributed by atoms with Crippen LogP contribution in [0.3, 0.4) is 0 Å². The predicted molar refractivity (Wildman–Crippen MR) is 78.6 cm³/mol. The number of amides is 1. The number of hydrogen-bond acceptors (Lipinski definition) is 5. The van der Waals surface area contributed by atoms with Crippen LogP contribution in [0, 0.1) is 0 Å². The van der Waals surface area contributed by atoms with Gasteiger partial charge in [0.1, 0.15) is 5.56 Å². The Morgan fingerprint density at radius 1 is 1.43 bits per heavy atom. The third kappa shape index (κ3) is 2.88. The number of carbonyl (C=O) groups is 2. The van der Waals surface area contributed by atoms with Crippen LogP contribution in [0.2, 0.25) is 0 Å². The third-order valence-corrected chi connectivity index (χ3v) is 4.19. The lowest BCUT2D eigenvalue weighted by molar-refractivity contribution is -0.157. The lowest BCUT2D eigenvalue weighted by Gasteiger charge is -2.32. The Balaban J connectivity index is 1.65. The largest absolute Gasteiger partial charge is 0.467 e. The van der Waals surface area contributed by atoms with Gasteiger partial charge in [0.15, 0.2) is 5.65 Å². The number of nitrogens with one attached hydrogen (secondary N) is 1. The van der Waals surface area contributed by atoms with Gasteiger partial charge in [-0.15, -0.1) is 0 Å². The number of ether oxygens (including phenoxy) is 1. The maximum atomic E-state index is 14.3. The summed E-state index contributed by atoms with van der Waals surface area (Å²) >= 11 is 0. The van der Waals surface area contributed by atoms with E-state index >= 15 is 0 Å². The number of aromatic nitrogens is 3. The Morgan fingerprint density at radius 3 is 2.87 bits per heavy atom. The van der Waals surface area contributed by atoms with Crippen molar-refractivity contribution >= 4 is 17.5 Å². The van der Waals surface area contributed by atoms with Crippen LogP contribution < -0.4 is 5.32 Å². The van der Waals surface area contributed by atoms with Crippen molar-refractivity contribution in [3.63, 3.8) is 0 Å². The van der Waals surface area contributed by atoms with Gasteiger partial charge < -0.3 is 10.1 Å². The van der Waals surface area contributed by atoms with Crippen LogP contribution >= 0.6 is 0 Å². The molecule has 0 radical (unpaired) electrons. The van der Waals surface area contributed by atoms with E-state index in [2.05, 4.69) is 20.1 Å². The van der Waals surface area contributed by atoms with Crippen molar-refractivity contribution in [1.29, 1.82) is 0 Å². The van der Waals surface area contributed by atoms with Gasteiger partial charge in [0.25, 0.3) is 5.91 Å². The van der Waals surface area contributed by atoms with E-state index in [1.807, 2.05) is 0 Å². The first-order chi connectivity index (χ1) is 11.0. The summed E-state index contributed by atoms with van der Waals surface area (Å²) in [5.74, 6) is -1.14. The quantitative estimate of drug-likeness (QED) is 0.861. The van der Waals surface area contributed by atoms with Crippen molar-refractivity contribution in [2.24, 2.45) is 0 Å². The van der Waals surface area contributed by atoms with E-state index in [1.165, 1.54) is 17.8 Å². The second-order valence-electron chi connectivity index (χ2n) is 5.65. The van der Waals surface area contributed by atoms with Crippen LogP contribution in [0.25, 0.3) is 5.65 Å². The second-order valence-corrected chi connectivity index (χ2v) is 5.65. The zero-order valence-electron chi connectivity index (χ0n) is 12.7. The van der Waals surface area contributed by atoms with Crippen LogP contribution in [0.5, 0.6) is 0 Å². The highest BCUT2D eigenvalue weighted by atomic mass is 19.1. The highest BCUT2D eigenvalue weighted by Gasteiger charge is 2.43. The fourth-order valence-corrected chi connectivity index (χ4v) is 2.86. The molecule has 1 fully saturated rings. The van der Waals surface area contributed by atoms with Crippen molar-refractivity contribution in [2.75, 3.05) is 7.11 Å². The minimum Gasteiger partial charge on any atom is -0.467 e. The molecule has 1 amide bonds. The summed E-state index contributed by atoms with van der Waals surface area (Å²) in [6.45, 7) is 0. The highest BCUT2D eigenvalue weighted by molar-refractivity contribution is 5.99. The molecule has 7 nitrogen and oxygen atoms in total. The van der Waals surface area contributed by atoms with Crippen LogP contribution in [0.15, 0.2) is 24.7 Å². The lowest BCUT2D eigenvalue weighted by Crippen LogP contribution is -2.45. The number of esters is 1. The molecule has 1 aliphatic rings. The Kier molecular flexibility index (Phi) is 3.97. The summed E-state index contributed by atoms with van der Waals surface area (Å²) < 4.78 is 20.4.